The Morgan fingerprint density at radius 1 is 1.09 bits per heavy atom. The highest BCUT2D eigenvalue weighted by atomic mass is 79.9. The van der Waals surface area contributed by atoms with Crippen LogP contribution < -0.4 is 5.32 Å². The Kier molecular flexibility index (Phi) is 6.12. The van der Waals surface area contributed by atoms with Gasteiger partial charge < -0.3 is 15.0 Å². The second-order valence-electron chi connectivity index (χ2n) is 10.1. The normalized spacial score (nSPS) is 23.6. The summed E-state index contributed by atoms with van der Waals surface area (Å²) in [7, 11) is 0. The van der Waals surface area contributed by atoms with Gasteiger partial charge in [0.2, 0.25) is 0 Å². The summed E-state index contributed by atoms with van der Waals surface area (Å²) in [6.07, 6.45) is 6.83. The van der Waals surface area contributed by atoms with E-state index in [9.17, 15) is 5.11 Å². The third-order valence-electron chi connectivity index (χ3n) is 7.14. The van der Waals surface area contributed by atoms with Gasteiger partial charge in [-0.25, -0.2) is 4.98 Å². The Morgan fingerprint density at radius 2 is 1.84 bits per heavy atom. The number of nitrogens with zero attached hydrogens (tertiary/aromatic N) is 2. The fourth-order valence-electron chi connectivity index (χ4n) is 5.57. The fourth-order valence-corrected chi connectivity index (χ4v) is 6.14. The van der Waals surface area contributed by atoms with Crippen molar-refractivity contribution in [2.24, 2.45) is 5.92 Å². The third-order valence-corrected chi connectivity index (χ3v) is 7.87. The van der Waals surface area contributed by atoms with Crippen molar-refractivity contribution in [1.29, 1.82) is 0 Å². The first-order valence-corrected chi connectivity index (χ1v) is 12.9. The molecule has 0 aliphatic heterocycles. The highest BCUT2D eigenvalue weighted by Crippen LogP contribution is 2.37. The van der Waals surface area contributed by atoms with Crippen LogP contribution in [0.2, 0.25) is 5.02 Å². The van der Waals surface area contributed by atoms with Crippen LogP contribution in [-0.4, -0.2) is 27.2 Å². The number of hydrogen-bond donors (Lipinski definition) is 2. The predicted molar refractivity (Wildman–Crippen MR) is 134 cm³/mol. The zero-order valence-corrected chi connectivity index (χ0v) is 21.1. The standard InChI is InChI=1S/C26H31BrClN3O/c1-26(2,32)25-30-23-14-20(28)5-10-24(23)31(25)22-8-6-21(7-9-22)29-15-16-11-17-3-4-19(27)13-18(17)12-16/h3-5,10,13-14,16,21-22,29,32H,6-9,11-12,15H2,1-2H3. The van der Waals surface area contributed by atoms with Gasteiger partial charge in [0.05, 0.1) is 11.0 Å². The van der Waals surface area contributed by atoms with E-state index in [0.717, 1.165) is 49.1 Å². The third kappa shape index (κ3) is 4.50. The van der Waals surface area contributed by atoms with Gasteiger partial charge in [-0.3, -0.25) is 0 Å². The van der Waals surface area contributed by atoms with Crippen molar-refractivity contribution in [2.45, 2.75) is 70.1 Å². The van der Waals surface area contributed by atoms with Gasteiger partial charge in [0.25, 0.3) is 0 Å². The molecule has 0 amide bonds. The van der Waals surface area contributed by atoms with Crippen LogP contribution in [0, 0.1) is 5.92 Å². The molecule has 1 saturated carbocycles. The summed E-state index contributed by atoms with van der Waals surface area (Å²) in [5, 5.41) is 15.3. The minimum absolute atomic E-state index is 0.355. The molecule has 0 bridgehead atoms. The number of halogens is 2. The van der Waals surface area contributed by atoms with Crippen molar-refractivity contribution in [3.8, 4) is 0 Å². The van der Waals surface area contributed by atoms with Crippen LogP contribution in [0.5, 0.6) is 0 Å². The highest BCUT2D eigenvalue weighted by molar-refractivity contribution is 9.10. The van der Waals surface area contributed by atoms with Gasteiger partial charge in [-0.2, -0.15) is 0 Å². The molecular weight excluding hydrogens is 486 g/mol. The fraction of sp³-hybridized carbons (Fsp3) is 0.500. The van der Waals surface area contributed by atoms with Gasteiger partial charge in [0.15, 0.2) is 0 Å². The second kappa shape index (κ2) is 8.75. The maximum Gasteiger partial charge on any atom is 0.141 e. The van der Waals surface area contributed by atoms with Crippen molar-refractivity contribution < 1.29 is 5.11 Å². The number of fused-ring (bicyclic) bond motifs is 2. The Balaban J connectivity index is 1.23. The number of aromatic nitrogens is 2. The van der Waals surface area contributed by atoms with E-state index in [-0.39, 0.29) is 0 Å². The summed E-state index contributed by atoms with van der Waals surface area (Å²) >= 11 is 9.80. The molecule has 1 heterocycles. The average Bonchev–Trinajstić information content (AvgIpc) is 3.33. The van der Waals surface area contributed by atoms with E-state index >= 15 is 0 Å². The van der Waals surface area contributed by atoms with Crippen molar-refractivity contribution in [3.63, 3.8) is 0 Å². The van der Waals surface area contributed by atoms with E-state index in [4.69, 9.17) is 16.6 Å². The van der Waals surface area contributed by atoms with Crippen molar-refractivity contribution in [3.05, 3.63) is 62.8 Å². The lowest BCUT2D eigenvalue weighted by Gasteiger charge is -2.33. The van der Waals surface area contributed by atoms with E-state index in [2.05, 4.69) is 44.0 Å². The summed E-state index contributed by atoms with van der Waals surface area (Å²) < 4.78 is 3.45. The molecule has 2 N–H and O–H groups in total. The number of imidazole rings is 1. The van der Waals surface area contributed by atoms with Crippen LogP contribution in [0.25, 0.3) is 11.0 Å². The highest BCUT2D eigenvalue weighted by Gasteiger charge is 2.31. The lowest BCUT2D eigenvalue weighted by atomic mass is 9.90. The molecule has 3 aromatic rings. The molecule has 2 aromatic carbocycles. The van der Waals surface area contributed by atoms with Gasteiger partial charge in [0, 0.05) is 21.6 Å². The monoisotopic (exact) mass is 515 g/mol. The minimum atomic E-state index is -0.993. The summed E-state index contributed by atoms with van der Waals surface area (Å²) in [5.74, 6) is 1.43. The van der Waals surface area contributed by atoms with E-state index in [0.29, 0.717) is 23.0 Å². The SMILES string of the molecule is CC(C)(O)c1nc2cc(Cl)ccc2n1C1CCC(NCC2Cc3ccc(Br)cc3C2)CC1. The average molecular weight is 517 g/mol. The van der Waals surface area contributed by atoms with Crippen LogP contribution >= 0.6 is 27.5 Å². The van der Waals surface area contributed by atoms with Crippen molar-refractivity contribution >= 4 is 38.6 Å². The molecule has 0 spiro atoms. The van der Waals surface area contributed by atoms with Crippen LogP contribution in [-0.2, 0) is 18.4 Å². The molecule has 2 aliphatic carbocycles. The first kappa shape index (κ1) is 22.4. The molecule has 32 heavy (non-hydrogen) atoms. The molecule has 170 valence electrons. The second-order valence-corrected chi connectivity index (χ2v) is 11.5. The van der Waals surface area contributed by atoms with E-state index in [1.165, 1.54) is 28.4 Å². The molecule has 0 radical (unpaired) electrons. The molecule has 1 fully saturated rings. The minimum Gasteiger partial charge on any atom is -0.383 e. The first-order chi connectivity index (χ1) is 15.3. The maximum atomic E-state index is 10.8. The molecule has 1 atom stereocenters. The molecular formula is C26H31BrClN3O. The van der Waals surface area contributed by atoms with Crippen molar-refractivity contribution in [1.82, 2.24) is 14.9 Å². The molecule has 4 nitrogen and oxygen atoms in total. The van der Waals surface area contributed by atoms with E-state index in [1.54, 1.807) is 0 Å². The van der Waals surface area contributed by atoms with Crippen LogP contribution in [0.1, 0.15) is 62.5 Å². The molecule has 2 aliphatic rings. The summed E-state index contributed by atoms with van der Waals surface area (Å²) in [6, 6.07) is 13.5. The summed E-state index contributed by atoms with van der Waals surface area (Å²) in [4.78, 5) is 4.76. The van der Waals surface area contributed by atoms with Gasteiger partial charge in [-0.05, 0) is 106 Å². The van der Waals surface area contributed by atoms with E-state index < -0.39 is 5.60 Å². The van der Waals surface area contributed by atoms with E-state index in [1.807, 2.05) is 32.0 Å². The molecule has 0 saturated heterocycles. The Morgan fingerprint density at radius 3 is 2.59 bits per heavy atom. The van der Waals surface area contributed by atoms with Crippen LogP contribution in [0.4, 0.5) is 0 Å². The largest absolute Gasteiger partial charge is 0.383 e. The quantitative estimate of drug-likeness (QED) is 0.426. The van der Waals surface area contributed by atoms with Gasteiger partial charge in [0.1, 0.15) is 11.4 Å². The Labute approximate surface area is 203 Å². The summed E-state index contributed by atoms with van der Waals surface area (Å²) in [6.45, 7) is 4.72. The predicted octanol–water partition coefficient (Wildman–Crippen LogP) is 6.17. The molecule has 6 heteroatoms. The Hall–Kier alpha value is -1.40. The van der Waals surface area contributed by atoms with Gasteiger partial charge in [-0.15, -0.1) is 0 Å². The lowest BCUT2D eigenvalue weighted by molar-refractivity contribution is 0.0620. The zero-order valence-electron chi connectivity index (χ0n) is 18.7. The number of hydrogen-bond acceptors (Lipinski definition) is 3. The molecule has 1 aromatic heterocycles. The number of aliphatic hydroxyl groups is 1. The molecule has 1 unspecified atom stereocenters. The first-order valence-electron chi connectivity index (χ1n) is 11.7. The smallest absolute Gasteiger partial charge is 0.141 e. The van der Waals surface area contributed by atoms with Gasteiger partial charge >= 0.3 is 0 Å². The topological polar surface area (TPSA) is 50.1 Å². The van der Waals surface area contributed by atoms with Crippen LogP contribution in [0.3, 0.4) is 0 Å². The maximum absolute atomic E-state index is 10.8. The van der Waals surface area contributed by atoms with Crippen molar-refractivity contribution in [2.75, 3.05) is 6.54 Å². The zero-order chi connectivity index (χ0) is 22.5. The number of benzene rings is 2. The molecule has 5 rings (SSSR count). The van der Waals surface area contributed by atoms with Crippen LogP contribution in [0.15, 0.2) is 40.9 Å². The number of rotatable bonds is 5. The van der Waals surface area contributed by atoms with Gasteiger partial charge in [-0.1, -0.05) is 33.6 Å². The summed E-state index contributed by atoms with van der Waals surface area (Å²) in [5.41, 5.74) is 3.95. The lowest BCUT2D eigenvalue weighted by Crippen LogP contribution is -2.37. The number of nitrogens with one attached hydrogen (secondary N) is 1. The Bertz CT molecular complexity index is 1130.